The van der Waals surface area contributed by atoms with Crippen LogP contribution in [0.4, 0.5) is 13.2 Å². The minimum atomic E-state index is -4.15. The van der Waals surface area contributed by atoms with Gasteiger partial charge >= 0.3 is 6.18 Å². The third-order valence-corrected chi connectivity index (χ3v) is 5.12. The predicted molar refractivity (Wildman–Crippen MR) is 114 cm³/mol. The number of halogens is 4. The summed E-state index contributed by atoms with van der Waals surface area (Å²) in [4.78, 5) is 7.94. The molecule has 1 aromatic rings. The first-order valence-electron chi connectivity index (χ1n) is 9.30. The van der Waals surface area contributed by atoms with Crippen molar-refractivity contribution in [2.75, 3.05) is 46.4 Å². The van der Waals surface area contributed by atoms with E-state index in [2.05, 4.69) is 34.3 Å². The minimum Gasteiger partial charge on any atom is -0.370 e. The van der Waals surface area contributed by atoms with E-state index < -0.39 is 12.7 Å². The molecular weight excluding hydrogens is 484 g/mol. The number of likely N-dealkylation sites (tertiary alicyclic amines) is 1. The molecular formula is C19H28F3IN4O. The molecule has 2 aliphatic heterocycles. The van der Waals surface area contributed by atoms with E-state index in [0.717, 1.165) is 11.5 Å². The SMILES string of the molecule is CN=C(NC1CCN(CC(F)(F)F)C1)N1CCOC(c2ccccc2C)C1.I. The van der Waals surface area contributed by atoms with Crippen LogP contribution in [0.1, 0.15) is 23.7 Å². The van der Waals surface area contributed by atoms with Crippen LogP contribution in [-0.2, 0) is 4.74 Å². The van der Waals surface area contributed by atoms with Gasteiger partial charge in [-0.3, -0.25) is 9.89 Å². The number of alkyl halides is 3. The number of ether oxygens (including phenoxy) is 1. The van der Waals surface area contributed by atoms with Gasteiger partial charge in [0.1, 0.15) is 6.10 Å². The molecule has 2 atom stereocenters. The Hall–Kier alpha value is -1.07. The van der Waals surface area contributed by atoms with Crippen molar-refractivity contribution >= 4 is 29.9 Å². The first kappa shape index (κ1) is 23.2. The first-order chi connectivity index (χ1) is 12.9. The van der Waals surface area contributed by atoms with E-state index in [1.807, 2.05) is 12.1 Å². The van der Waals surface area contributed by atoms with Crippen LogP contribution >= 0.6 is 24.0 Å². The monoisotopic (exact) mass is 512 g/mol. The average Bonchev–Trinajstić information content (AvgIpc) is 3.05. The fraction of sp³-hybridized carbons (Fsp3) is 0.632. The number of nitrogens with one attached hydrogen (secondary N) is 1. The lowest BCUT2D eigenvalue weighted by atomic mass is 10.0. The Bertz CT molecular complexity index is 671. The molecule has 3 rings (SSSR count). The van der Waals surface area contributed by atoms with Crippen molar-refractivity contribution in [1.82, 2.24) is 15.1 Å². The van der Waals surface area contributed by atoms with E-state index in [0.29, 0.717) is 39.2 Å². The summed E-state index contributed by atoms with van der Waals surface area (Å²) >= 11 is 0. The highest BCUT2D eigenvalue weighted by atomic mass is 127. The van der Waals surface area contributed by atoms with Crippen LogP contribution in [-0.4, -0.2) is 74.4 Å². The molecule has 2 unspecified atom stereocenters. The Balaban J connectivity index is 0.00000280. The van der Waals surface area contributed by atoms with Crippen LogP contribution < -0.4 is 5.32 Å². The van der Waals surface area contributed by atoms with Gasteiger partial charge in [-0.05, 0) is 24.5 Å². The molecule has 2 aliphatic rings. The second kappa shape index (κ2) is 10.1. The second-order valence-corrected chi connectivity index (χ2v) is 7.19. The molecule has 0 spiro atoms. The lowest BCUT2D eigenvalue weighted by molar-refractivity contribution is -0.143. The normalized spacial score (nSPS) is 24.2. The molecule has 158 valence electrons. The highest BCUT2D eigenvalue weighted by molar-refractivity contribution is 14.0. The van der Waals surface area contributed by atoms with Gasteiger partial charge in [-0.2, -0.15) is 13.2 Å². The third-order valence-electron chi connectivity index (χ3n) is 5.12. The van der Waals surface area contributed by atoms with Crippen LogP contribution in [0.2, 0.25) is 0 Å². The first-order valence-corrected chi connectivity index (χ1v) is 9.30. The van der Waals surface area contributed by atoms with Crippen molar-refractivity contribution in [3.8, 4) is 0 Å². The van der Waals surface area contributed by atoms with Crippen molar-refractivity contribution in [3.63, 3.8) is 0 Å². The largest absolute Gasteiger partial charge is 0.401 e. The van der Waals surface area contributed by atoms with Gasteiger partial charge in [0.15, 0.2) is 5.96 Å². The van der Waals surface area contributed by atoms with Crippen LogP contribution in [0, 0.1) is 6.92 Å². The summed E-state index contributed by atoms with van der Waals surface area (Å²) in [5, 5.41) is 3.35. The summed E-state index contributed by atoms with van der Waals surface area (Å²) in [5.74, 6) is 0.732. The van der Waals surface area contributed by atoms with E-state index in [4.69, 9.17) is 4.74 Å². The van der Waals surface area contributed by atoms with Crippen LogP contribution in [0.5, 0.6) is 0 Å². The van der Waals surface area contributed by atoms with Gasteiger partial charge in [-0.25, -0.2) is 0 Å². The Morgan fingerprint density at radius 2 is 2.00 bits per heavy atom. The minimum absolute atomic E-state index is 0. The number of aliphatic imine (C=N–C) groups is 1. The summed E-state index contributed by atoms with van der Waals surface area (Å²) in [6.07, 6.45) is -3.51. The van der Waals surface area contributed by atoms with E-state index in [-0.39, 0.29) is 36.1 Å². The summed E-state index contributed by atoms with van der Waals surface area (Å²) in [6.45, 7) is 4.01. The topological polar surface area (TPSA) is 40.1 Å². The molecule has 28 heavy (non-hydrogen) atoms. The average molecular weight is 512 g/mol. The lowest BCUT2D eigenvalue weighted by Gasteiger charge is -2.36. The molecule has 2 fully saturated rings. The molecule has 0 saturated carbocycles. The summed E-state index contributed by atoms with van der Waals surface area (Å²) in [5.41, 5.74) is 2.35. The maximum absolute atomic E-state index is 12.6. The number of rotatable bonds is 3. The molecule has 9 heteroatoms. The highest BCUT2D eigenvalue weighted by Gasteiger charge is 2.35. The fourth-order valence-corrected chi connectivity index (χ4v) is 3.81. The van der Waals surface area contributed by atoms with Crippen molar-refractivity contribution in [3.05, 3.63) is 35.4 Å². The van der Waals surface area contributed by atoms with E-state index in [1.165, 1.54) is 10.5 Å². The van der Waals surface area contributed by atoms with Gasteiger partial charge in [-0.1, -0.05) is 24.3 Å². The Morgan fingerprint density at radius 1 is 1.25 bits per heavy atom. The van der Waals surface area contributed by atoms with Crippen LogP contribution in [0.15, 0.2) is 29.3 Å². The molecule has 5 nitrogen and oxygen atoms in total. The number of morpholine rings is 1. The smallest absolute Gasteiger partial charge is 0.370 e. The molecule has 0 aromatic heterocycles. The predicted octanol–water partition coefficient (Wildman–Crippen LogP) is 3.20. The van der Waals surface area contributed by atoms with Gasteiger partial charge in [-0.15, -0.1) is 24.0 Å². The van der Waals surface area contributed by atoms with Crippen molar-refractivity contribution in [1.29, 1.82) is 0 Å². The van der Waals surface area contributed by atoms with Gasteiger partial charge in [0, 0.05) is 32.7 Å². The number of nitrogens with zero attached hydrogens (tertiary/aromatic N) is 3. The molecule has 2 heterocycles. The molecule has 1 N–H and O–H groups in total. The number of hydrogen-bond donors (Lipinski definition) is 1. The fourth-order valence-electron chi connectivity index (χ4n) is 3.81. The molecule has 0 bridgehead atoms. The second-order valence-electron chi connectivity index (χ2n) is 7.19. The number of hydrogen-bond acceptors (Lipinski definition) is 3. The maximum atomic E-state index is 12.6. The Labute approximate surface area is 181 Å². The van der Waals surface area contributed by atoms with Crippen molar-refractivity contribution in [2.24, 2.45) is 4.99 Å². The molecule has 0 aliphatic carbocycles. The zero-order chi connectivity index (χ0) is 19.4. The summed E-state index contributed by atoms with van der Waals surface area (Å²) in [7, 11) is 1.71. The maximum Gasteiger partial charge on any atom is 0.401 e. The molecule has 1 aromatic carbocycles. The van der Waals surface area contributed by atoms with Gasteiger partial charge in [0.2, 0.25) is 0 Å². The van der Waals surface area contributed by atoms with E-state index in [1.54, 1.807) is 7.05 Å². The Kier molecular flexibility index (Phi) is 8.38. The Morgan fingerprint density at radius 3 is 2.68 bits per heavy atom. The number of benzene rings is 1. The van der Waals surface area contributed by atoms with Crippen molar-refractivity contribution in [2.45, 2.75) is 31.7 Å². The quantitative estimate of drug-likeness (QED) is 0.384. The lowest BCUT2D eigenvalue weighted by Crippen LogP contribution is -2.51. The zero-order valence-electron chi connectivity index (χ0n) is 16.2. The standard InChI is InChI=1S/C19H27F3N4O.HI/c1-14-5-3-4-6-16(14)17-12-26(9-10-27-17)18(23-2)24-15-7-8-25(11-15)13-19(20,21)22;/h3-6,15,17H,7-13H2,1-2H3,(H,23,24);1H. The van der Waals surface area contributed by atoms with E-state index in [9.17, 15) is 13.2 Å². The van der Waals surface area contributed by atoms with Gasteiger partial charge in [0.25, 0.3) is 0 Å². The highest BCUT2D eigenvalue weighted by Crippen LogP contribution is 2.25. The number of guanidine groups is 1. The summed E-state index contributed by atoms with van der Waals surface area (Å²) < 4.78 is 43.7. The number of aryl methyl sites for hydroxylation is 1. The molecule has 2 saturated heterocycles. The van der Waals surface area contributed by atoms with Crippen LogP contribution in [0.3, 0.4) is 0 Å². The van der Waals surface area contributed by atoms with E-state index >= 15 is 0 Å². The van der Waals surface area contributed by atoms with Gasteiger partial charge < -0.3 is 15.0 Å². The zero-order valence-corrected chi connectivity index (χ0v) is 18.5. The van der Waals surface area contributed by atoms with Crippen LogP contribution in [0.25, 0.3) is 0 Å². The molecule has 0 radical (unpaired) electrons. The van der Waals surface area contributed by atoms with Crippen molar-refractivity contribution < 1.29 is 17.9 Å². The summed E-state index contributed by atoms with van der Waals surface area (Å²) in [6, 6.07) is 8.13. The third kappa shape index (κ3) is 6.21. The molecule has 0 amide bonds. The van der Waals surface area contributed by atoms with Gasteiger partial charge in [0.05, 0.1) is 19.7 Å².